The molecule has 7 heteroatoms. The third-order valence-electron chi connectivity index (χ3n) is 4.21. The minimum Gasteiger partial charge on any atom is -0.493 e. The molecule has 0 atom stereocenters. The lowest BCUT2D eigenvalue weighted by molar-refractivity contribution is 0.311. The number of H-pyrrole nitrogens is 1. The third kappa shape index (κ3) is 3.35. The van der Waals surface area contributed by atoms with Crippen molar-refractivity contribution >= 4 is 5.95 Å². The van der Waals surface area contributed by atoms with Crippen LogP contribution in [0.3, 0.4) is 0 Å². The lowest BCUT2D eigenvalue weighted by Crippen LogP contribution is -2.45. The monoisotopic (exact) mass is 330 g/mol. The van der Waals surface area contributed by atoms with Gasteiger partial charge in [-0.1, -0.05) is 0 Å². The average Bonchev–Trinajstić information content (AvgIpc) is 2.61. The summed E-state index contributed by atoms with van der Waals surface area (Å²) in [4.78, 5) is 23.9. The highest BCUT2D eigenvalue weighted by Crippen LogP contribution is 2.31. The highest BCUT2D eigenvalue weighted by Gasteiger charge is 2.17. The Labute approximate surface area is 140 Å². The number of likely N-dealkylation sites (N-methyl/N-ethyl adjacent to an activating group) is 1. The van der Waals surface area contributed by atoms with E-state index in [9.17, 15) is 4.79 Å². The second kappa shape index (κ2) is 6.92. The Morgan fingerprint density at radius 3 is 2.42 bits per heavy atom. The van der Waals surface area contributed by atoms with Gasteiger partial charge in [0.15, 0.2) is 11.5 Å². The normalized spacial score (nSPS) is 15.4. The van der Waals surface area contributed by atoms with Crippen LogP contribution in [0.1, 0.15) is 0 Å². The van der Waals surface area contributed by atoms with Gasteiger partial charge in [-0.2, -0.15) is 0 Å². The molecule has 1 saturated heterocycles. The van der Waals surface area contributed by atoms with E-state index in [4.69, 9.17) is 9.47 Å². The first kappa shape index (κ1) is 16.3. The molecule has 1 aliphatic heterocycles. The number of benzene rings is 1. The lowest BCUT2D eigenvalue weighted by atomic mass is 10.1. The molecule has 0 aliphatic carbocycles. The quantitative estimate of drug-likeness (QED) is 0.908. The minimum absolute atomic E-state index is 0.163. The molecule has 128 valence electrons. The zero-order valence-corrected chi connectivity index (χ0v) is 14.2. The SMILES string of the molecule is COc1ccc(-c2cc(=O)[nH]c(N3CCN(C)CC3)n2)cc1OC. The molecule has 1 N–H and O–H groups in total. The largest absolute Gasteiger partial charge is 0.493 e. The number of anilines is 1. The second-order valence-electron chi connectivity index (χ2n) is 5.81. The fourth-order valence-electron chi connectivity index (χ4n) is 2.76. The van der Waals surface area contributed by atoms with Crippen LogP contribution in [0.15, 0.2) is 29.1 Å². The number of rotatable bonds is 4. The van der Waals surface area contributed by atoms with Crippen molar-refractivity contribution in [2.45, 2.75) is 0 Å². The summed E-state index contributed by atoms with van der Waals surface area (Å²) in [6.45, 7) is 3.58. The number of ether oxygens (including phenoxy) is 2. The van der Waals surface area contributed by atoms with E-state index in [0.717, 1.165) is 31.7 Å². The smallest absolute Gasteiger partial charge is 0.252 e. The van der Waals surface area contributed by atoms with Crippen LogP contribution in [0.25, 0.3) is 11.3 Å². The first-order valence-electron chi connectivity index (χ1n) is 7.88. The van der Waals surface area contributed by atoms with Crippen molar-refractivity contribution in [2.24, 2.45) is 0 Å². The molecular weight excluding hydrogens is 308 g/mol. The molecule has 1 aromatic carbocycles. The van der Waals surface area contributed by atoms with E-state index < -0.39 is 0 Å². The summed E-state index contributed by atoms with van der Waals surface area (Å²) in [6.07, 6.45) is 0. The standard InChI is InChI=1S/C17H22N4O3/c1-20-6-8-21(9-7-20)17-18-13(11-16(22)19-17)12-4-5-14(23-2)15(10-12)24-3/h4-5,10-11H,6-9H2,1-3H3,(H,18,19,22). The number of aromatic amines is 1. The Morgan fingerprint density at radius 1 is 1.04 bits per heavy atom. The van der Waals surface area contributed by atoms with Crippen LogP contribution in [0.5, 0.6) is 11.5 Å². The zero-order chi connectivity index (χ0) is 17.1. The van der Waals surface area contributed by atoms with Crippen LogP contribution in [0.4, 0.5) is 5.95 Å². The molecule has 0 unspecified atom stereocenters. The number of nitrogens with zero attached hydrogens (tertiary/aromatic N) is 3. The van der Waals surface area contributed by atoms with E-state index in [1.165, 1.54) is 6.07 Å². The molecule has 3 rings (SSSR count). The third-order valence-corrected chi connectivity index (χ3v) is 4.21. The van der Waals surface area contributed by atoms with Crippen molar-refractivity contribution < 1.29 is 9.47 Å². The molecular formula is C17H22N4O3. The second-order valence-corrected chi connectivity index (χ2v) is 5.81. The molecule has 1 aromatic heterocycles. The van der Waals surface area contributed by atoms with Gasteiger partial charge in [0.05, 0.1) is 19.9 Å². The number of methoxy groups -OCH3 is 2. The van der Waals surface area contributed by atoms with Gasteiger partial charge in [0.1, 0.15) is 0 Å². The summed E-state index contributed by atoms with van der Waals surface area (Å²) in [7, 11) is 5.27. The van der Waals surface area contributed by atoms with Crippen LogP contribution in [0, 0.1) is 0 Å². The van der Waals surface area contributed by atoms with Crippen molar-refractivity contribution in [3.63, 3.8) is 0 Å². The van der Waals surface area contributed by atoms with E-state index in [0.29, 0.717) is 23.1 Å². The van der Waals surface area contributed by atoms with Gasteiger partial charge < -0.3 is 19.3 Å². The van der Waals surface area contributed by atoms with Crippen LogP contribution in [-0.4, -0.2) is 62.3 Å². The molecule has 7 nitrogen and oxygen atoms in total. The lowest BCUT2D eigenvalue weighted by Gasteiger charge is -2.32. The number of hydrogen-bond donors (Lipinski definition) is 1. The maximum absolute atomic E-state index is 12.1. The van der Waals surface area contributed by atoms with Gasteiger partial charge in [0.25, 0.3) is 5.56 Å². The highest BCUT2D eigenvalue weighted by atomic mass is 16.5. The van der Waals surface area contributed by atoms with Crippen LogP contribution < -0.4 is 19.9 Å². The summed E-state index contributed by atoms with van der Waals surface area (Å²) in [5.74, 6) is 1.86. The Kier molecular flexibility index (Phi) is 4.71. The maximum atomic E-state index is 12.1. The Hall–Kier alpha value is -2.54. The molecule has 0 radical (unpaired) electrons. The maximum Gasteiger partial charge on any atom is 0.252 e. The van der Waals surface area contributed by atoms with Crippen molar-refractivity contribution in [1.29, 1.82) is 0 Å². The topological polar surface area (TPSA) is 70.7 Å². The summed E-state index contributed by atoms with van der Waals surface area (Å²) in [5.41, 5.74) is 1.27. The van der Waals surface area contributed by atoms with Crippen LogP contribution in [-0.2, 0) is 0 Å². The number of aromatic nitrogens is 2. The summed E-state index contributed by atoms with van der Waals surface area (Å²) in [6, 6.07) is 7.01. The van der Waals surface area contributed by atoms with Crippen molar-refractivity contribution in [3.05, 3.63) is 34.6 Å². The average molecular weight is 330 g/mol. The van der Waals surface area contributed by atoms with Gasteiger partial charge in [0, 0.05) is 37.8 Å². The Morgan fingerprint density at radius 2 is 1.75 bits per heavy atom. The molecule has 0 saturated carbocycles. The van der Waals surface area contributed by atoms with Gasteiger partial charge in [-0.25, -0.2) is 4.98 Å². The van der Waals surface area contributed by atoms with Crippen molar-refractivity contribution in [2.75, 3.05) is 52.3 Å². The summed E-state index contributed by atoms with van der Waals surface area (Å²) in [5, 5.41) is 0. The number of piperazine rings is 1. The Balaban J connectivity index is 1.95. The van der Waals surface area contributed by atoms with Gasteiger partial charge in [-0.15, -0.1) is 0 Å². The number of hydrogen-bond acceptors (Lipinski definition) is 6. The van der Waals surface area contributed by atoms with Crippen molar-refractivity contribution in [1.82, 2.24) is 14.9 Å². The predicted octanol–water partition coefficient (Wildman–Crippen LogP) is 1.21. The highest BCUT2D eigenvalue weighted by molar-refractivity contribution is 5.64. The van der Waals surface area contributed by atoms with Crippen molar-refractivity contribution in [3.8, 4) is 22.8 Å². The minimum atomic E-state index is -0.163. The first-order chi connectivity index (χ1) is 11.6. The van der Waals surface area contributed by atoms with Crippen LogP contribution in [0.2, 0.25) is 0 Å². The summed E-state index contributed by atoms with van der Waals surface area (Å²) < 4.78 is 10.6. The Bertz CT molecular complexity index is 767. The fraction of sp³-hybridized carbons (Fsp3) is 0.412. The van der Waals surface area contributed by atoms with E-state index >= 15 is 0 Å². The van der Waals surface area contributed by atoms with E-state index in [-0.39, 0.29) is 5.56 Å². The molecule has 2 aromatic rings. The molecule has 0 bridgehead atoms. The molecule has 1 fully saturated rings. The number of nitrogens with one attached hydrogen (secondary N) is 1. The van der Waals surface area contributed by atoms with Gasteiger partial charge in [0.2, 0.25) is 5.95 Å². The van der Waals surface area contributed by atoms with Gasteiger partial charge in [-0.05, 0) is 25.2 Å². The van der Waals surface area contributed by atoms with Crippen LogP contribution >= 0.6 is 0 Å². The fourth-order valence-corrected chi connectivity index (χ4v) is 2.76. The van der Waals surface area contributed by atoms with Gasteiger partial charge >= 0.3 is 0 Å². The summed E-state index contributed by atoms with van der Waals surface area (Å²) >= 11 is 0. The zero-order valence-electron chi connectivity index (χ0n) is 14.2. The van der Waals surface area contributed by atoms with E-state index in [1.807, 2.05) is 18.2 Å². The predicted molar refractivity (Wildman–Crippen MR) is 93.1 cm³/mol. The molecule has 0 amide bonds. The molecule has 24 heavy (non-hydrogen) atoms. The molecule has 2 heterocycles. The van der Waals surface area contributed by atoms with E-state index in [1.54, 1.807) is 14.2 Å². The van der Waals surface area contributed by atoms with Gasteiger partial charge in [-0.3, -0.25) is 9.78 Å². The van der Waals surface area contributed by atoms with E-state index in [2.05, 4.69) is 26.8 Å². The molecule has 0 spiro atoms. The molecule has 1 aliphatic rings. The first-order valence-corrected chi connectivity index (χ1v) is 7.88.